The summed E-state index contributed by atoms with van der Waals surface area (Å²) >= 11 is 0. The monoisotopic (exact) mass is 936 g/mol. The van der Waals surface area contributed by atoms with Gasteiger partial charge >= 0.3 is 0 Å². The minimum Gasteiger partial charge on any atom is -0.394 e. The second kappa shape index (κ2) is 57.6. The summed E-state index contributed by atoms with van der Waals surface area (Å²) < 4.78 is 0. The molecule has 0 aliphatic carbocycles. The van der Waals surface area contributed by atoms with Gasteiger partial charge < -0.3 is 15.5 Å². The van der Waals surface area contributed by atoms with Crippen molar-refractivity contribution in [3.8, 4) is 0 Å². The molecule has 0 aliphatic heterocycles. The van der Waals surface area contributed by atoms with Gasteiger partial charge in [-0.3, -0.25) is 4.79 Å². The van der Waals surface area contributed by atoms with Crippen molar-refractivity contribution in [3.05, 3.63) is 146 Å². The first kappa shape index (κ1) is 64.3. The quantitative estimate of drug-likeness (QED) is 0.0420. The van der Waals surface area contributed by atoms with Crippen molar-refractivity contribution in [1.82, 2.24) is 5.32 Å². The van der Waals surface area contributed by atoms with Crippen molar-refractivity contribution in [3.63, 3.8) is 0 Å². The average molecular weight is 937 g/mol. The molecule has 3 N–H and O–H groups in total. The second-order valence-corrected chi connectivity index (χ2v) is 18.2. The van der Waals surface area contributed by atoms with Crippen LogP contribution in [0.25, 0.3) is 0 Å². The van der Waals surface area contributed by atoms with Gasteiger partial charge in [-0.1, -0.05) is 262 Å². The Kier molecular flexibility index (Phi) is 54.4. The van der Waals surface area contributed by atoms with E-state index in [-0.39, 0.29) is 12.5 Å². The molecule has 68 heavy (non-hydrogen) atoms. The van der Waals surface area contributed by atoms with Gasteiger partial charge in [-0.05, 0) is 109 Å². The normalized spacial score (nSPS) is 14.0. The van der Waals surface area contributed by atoms with Crippen molar-refractivity contribution >= 4 is 5.91 Å². The minimum atomic E-state index is -0.907. The van der Waals surface area contributed by atoms with Crippen LogP contribution in [0.1, 0.15) is 232 Å². The SMILES string of the molecule is CC/C=C\C/C=C\C/C=C\C/C=C\C/C=C\C/C=C\C/C=C\C/C=C\C/C=C\CCCC(=O)NC(CO)C(O)/C=C/CC/C=C/CC/C=C/CCCCCCCCCCCCCCCCCCC. The Morgan fingerprint density at radius 3 is 1.03 bits per heavy atom. The molecule has 0 saturated heterocycles. The van der Waals surface area contributed by atoms with Crippen molar-refractivity contribution in [1.29, 1.82) is 0 Å². The molecule has 4 nitrogen and oxygen atoms in total. The Bertz CT molecular complexity index is 1430. The highest BCUT2D eigenvalue weighted by Crippen LogP contribution is 2.15. The van der Waals surface area contributed by atoms with Crippen molar-refractivity contribution in [2.75, 3.05) is 6.61 Å². The van der Waals surface area contributed by atoms with Crippen molar-refractivity contribution in [2.24, 2.45) is 0 Å². The van der Waals surface area contributed by atoms with Gasteiger partial charge in [0, 0.05) is 6.42 Å². The van der Waals surface area contributed by atoms with E-state index >= 15 is 0 Å². The highest BCUT2D eigenvalue weighted by molar-refractivity contribution is 5.76. The Morgan fingerprint density at radius 1 is 0.368 bits per heavy atom. The number of hydrogen-bond acceptors (Lipinski definition) is 3. The molecule has 0 heterocycles. The highest BCUT2D eigenvalue weighted by Gasteiger charge is 2.17. The molecule has 4 heteroatoms. The first-order chi connectivity index (χ1) is 33.7. The standard InChI is InChI=1S/C64H105NO3/c1-3-5-7-9-11-13-15-17-19-21-23-25-27-29-31-32-34-36-38-40-42-44-46-48-50-52-54-56-58-60-64(68)65-62(61-66)63(67)59-57-55-53-51-49-47-45-43-41-39-37-35-33-30-28-26-24-22-20-18-16-14-12-10-8-6-4-2/h5,7,11,13,17,19,23,25,29,31,34,36,40-43,46,48-49,51-52,54,57,59,62-63,66-67H,3-4,6,8-10,12,14-16,18,20-22,24,26-28,30,32-33,35,37-39,44-45,47,50,53,55-56,58,60-61H2,1-2H3,(H,65,68)/b7-5-,13-11-,19-17-,25-23-,31-29-,36-34-,42-40-,43-41+,48-46-,51-49+,54-52-,59-57+. The molecular formula is C64H105NO3. The fraction of sp³-hybridized carbons (Fsp3) is 0.609. The predicted molar refractivity (Wildman–Crippen MR) is 303 cm³/mol. The summed E-state index contributed by atoms with van der Waals surface area (Å²) in [6.07, 6.45) is 91.5. The zero-order valence-corrected chi connectivity index (χ0v) is 44.1. The van der Waals surface area contributed by atoms with Gasteiger partial charge in [0.05, 0.1) is 18.8 Å². The van der Waals surface area contributed by atoms with Crippen LogP contribution in [0.15, 0.2) is 146 Å². The Labute approximate surface area is 421 Å². The molecule has 384 valence electrons. The largest absolute Gasteiger partial charge is 0.394 e. The second-order valence-electron chi connectivity index (χ2n) is 18.2. The number of hydrogen-bond donors (Lipinski definition) is 3. The first-order valence-corrected chi connectivity index (χ1v) is 28.0. The third-order valence-corrected chi connectivity index (χ3v) is 11.8. The summed E-state index contributed by atoms with van der Waals surface area (Å²) in [7, 11) is 0. The van der Waals surface area contributed by atoms with Crippen molar-refractivity contribution in [2.45, 2.75) is 244 Å². The Balaban J connectivity index is 3.75. The van der Waals surface area contributed by atoms with E-state index < -0.39 is 12.1 Å². The molecule has 2 unspecified atom stereocenters. The molecule has 0 aliphatic rings. The lowest BCUT2D eigenvalue weighted by molar-refractivity contribution is -0.122. The summed E-state index contributed by atoms with van der Waals surface area (Å²) in [5, 5.41) is 23.1. The van der Waals surface area contributed by atoms with E-state index in [0.29, 0.717) is 6.42 Å². The topological polar surface area (TPSA) is 69.6 Å². The van der Waals surface area contributed by atoms with E-state index in [2.05, 4.69) is 153 Å². The lowest BCUT2D eigenvalue weighted by Crippen LogP contribution is -2.45. The summed E-state index contributed by atoms with van der Waals surface area (Å²) in [5.41, 5.74) is 0. The van der Waals surface area contributed by atoms with E-state index in [1.807, 2.05) is 6.08 Å². The van der Waals surface area contributed by atoms with Crippen LogP contribution in [-0.4, -0.2) is 34.9 Å². The molecule has 0 saturated carbocycles. The average Bonchev–Trinajstić information content (AvgIpc) is 3.34. The van der Waals surface area contributed by atoms with Crippen LogP contribution in [0.4, 0.5) is 0 Å². The van der Waals surface area contributed by atoms with Crippen LogP contribution in [0.2, 0.25) is 0 Å². The Hall–Kier alpha value is -3.73. The van der Waals surface area contributed by atoms with E-state index in [4.69, 9.17) is 0 Å². The molecule has 1 amide bonds. The minimum absolute atomic E-state index is 0.141. The molecule has 0 aromatic carbocycles. The number of unbranched alkanes of at least 4 members (excludes halogenated alkanes) is 20. The third kappa shape index (κ3) is 53.2. The number of rotatable bonds is 49. The number of carbonyl (C=O) groups is 1. The van der Waals surface area contributed by atoms with Crippen LogP contribution < -0.4 is 5.32 Å². The lowest BCUT2D eigenvalue weighted by Gasteiger charge is -2.19. The van der Waals surface area contributed by atoms with Gasteiger partial charge in [-0.15, -0.1) is 0 Å². The van der Waals surface area contributed by atoms with Gasteiger partial charge in [0.2, 0.25) is 5.91 Å². The molecule has 0 bridgehead atoms. The van der Waals surface area contributed by atoms with Gasteiger partial charge in [0.15, 0.2) is 0 Å². The van der Waals surface area contributed by atoms with Crippen LogP contribution in [0.5, 0.6) is 0 Å². The molecule has 0 fully saturated rings. The molecule has 2 atom stereocenters. The van der Waals surface area contributed by atoms with Gasteiger partial charge in [0.25, 0.3) is 0 Å². The molecule has 0 aromatic rings. The number of aliphatic hydroxyl groups is 2. The fourth-order valence-corrected chi connectivity index (χ4v) is 7.56. The number of carbonyl (C=O) groups excluding carboxylic acids is 1. The first-order valence-electron chi connectivity index (χ1n) is 28.0. The number of nitrogens with one attached hydrogen (secondary N) is 1. The fourth-order valence-electron chi connectivity index (χ4n) is 7.56. The van der Waals surface area contributed by atoms with Crippen LogP contribution in [0.3, 0.4) is 0 Å². The summed E-state index contributed by atoms with van der Waals surface area (Å²) in [6, 6.07) is -0.689. The summed E-state index contributed by atoms with van der Waals surface area (Å²) in [6.45, 7) is 4.16. The van der Waals surface area contributed by atoms with Gasteiger partial charge in [0.1, 0.15) is 0 Å². The zero-order valence-electron chi connectivity index (χ0n) is 44.1. The summed E-state index contributed by atoms with van der Waals surface area (Å²) in [4.78, 5) is 12.4. The molecular weight excluding hydrogens is 831 g/mol. The van der Waals surface area contributed by atoms with Gasteiger partial charge in [-0.2, -0.15) is 0 Å². The summed E-state index contributed by atoms with van der Waals surface area (Å²) in [5.74, 6) is -0.141. The number of aliphatic hydroxyl groups excluding tert-OH is 2. The van der Waals surface area contributed by atoms with E-state index in [1.165, 1.54) is 116 Å². The van der Waals surface area contributed by atoms with Crippen LogP contribution in [0, 0.1) is 0 Å². The lowest BCUT2D eigenvalue weighted by atomic mass is 10.0. The molecule has 0 spiro atoms. The number of amides is 1. The molecule has 0 aromatic heterocycles. The third-order valence-electron chi connectivity index (χ3n) is 11.8. The highest BCUT2D eigenvalue weighted by atomic mass is 16.3. The van der Waals surface area contributed by atoms with Crippen molar-refractivity contribution < 1.29 is 15.0 Å². The van der Waals surface area contributed by atoms with Crippen LogP contribution >= 0.6 is 0 Å². The van der Waals surface area contributed by atoms with E-state index in [9.17, 15) is 15.0 Å². The van der Waals surface area contributed by atoms with Crippen LogP contribution in [-0.2, 0) is 4.79 Å². The maximum absolute atomic E-state index is 12.4. The molecule has 0 radical (unpaired) electrons. The smallest absolute Gasteiger partial charge is 0.220 e. The number of allylic oxidation sites excluding steroid dienone is 23. The van der Waals surface area contributed by atoms with E-state index in [1.54, 1.807) is 6.08 Å². The maximum atomic E-state index is 12.4. The van der Waals surface area contributed by atoms with E-state index in [0.717, 1.165) is 96.3 Å². The van der Waals surface area contributed by atoms with Gasteiger partial charge in [-0.25, -0.2) is 0 Å². The predicted octanol–water partition coefficient (Wildman–Crippen LogP) is 18.8. The zero-order chi connectivity index (χ0) is 49.2. The maximum Gasteiger partial charge on any atom is 0.220 e. The molecule has 0 rings (SSSR count). The Morgan fingerprint density at radius 2 is 0.662 bits per heavy atom.